The quantitative estimate of drug-likeness (QED) is 0.906. The fourth-order valence-electron chi connectivity index (χ4n) is 3.58. The SMILES string of the molecule is CCC1(CC)C(N)CC1Oc1ccc2ccccc2c1. The minimum atomic E-state index is 0.158. The van der Waals surface area contributed by atoms with Crippen LogP contribution in [0.3, 0.4) is 0 Å². The summed E-state index contributed by atoms with van der Waals surface area (Å²) < 4.78 is 6.25. The van der Waals surface area contributed by atoms with Crippen LogP contribution in [-0.4, -0.2) is 12.1 Å². The molecule has 0 amide bonds. The van der Waals surface area contributed by atoms with Crippen LogP contribution in [0, 0.1) is 5.41 Å². The van der Waals surface area contributed by atoms with E-state index in [2.05, 4.69) is 56.3 Å². The minimum Gasteiger partial charge on any atom is -0.490 e. The molecule has 2 atom stereocenters. The van der Waals surface area contributed by atoms with Crippen LogP contribution in [0.15, 0.2) is 42.5 Å². The molecule has 1 saturated carbocycles. The first-order chi connectivity index (χ1) is 9.69. The lowest BCUT2D eigenvalue weighted by molar-refractivity contribution is -0.0721. The van der Waals surface area contributed by atoms with E-state index in [0.29, 0.717) is 0 Å². The van der Waals surface area contributed by atoms with E-state index in [4.69, 9.17) is 10.5 Å². The monoisotopic (exact) mass is 269 g/mol. The highest BCUT2D eigenvalue weighted by Gasteiger charge is 2.52. The van der Waals surface area contributed by atoms with E-state index in [0.717, 1.165) is 25.0 Å². The van der Waals surface area contributed by atoms with E-state index >= 15 is 0 Å². The van der Waals surface area contributed by atoms with Gasteiger partial charge in [0.05, 0.1) is 0 Å². The maximum Gasteiger partial charge on any atom is 0.120 e. The molecule has 2 heteroatoms. The summed E-state index contributed by atoms with van der Waals surface area (Å²) in [7, 11) is 0. The zero-order chi connectivity index (χ0) is 14.2. The Bertz CT molecular complexity index is 603. The van der Waals surface area contributed by atoms with Gasteiger partial charge in [0.2, 0.25) is 0 Å². The van der Waals surface area contributed by atoms with Crippen molar-refractivity contribution in [3.63, 3.8) is 0 Å². The topological polar surface area (TPSA) is 35.2 Å². The van der Waals surface area contributed by atoms with Crippen molar-refractivity contribution in [1.29, 1.82) is 0 Å². The van der Waals surface area contributed by atoms with Crippen LogP contribution in [0.2, 0.25) is 0 Å². The first kappa shape index (κ1) is 13.4. The second-order valence-electron chi connectivity index (χ2n) is 5.90. The third kappa shape index (κ3) is 1.99. The molecule has 0 aromatic heterocycles. The lowest BCUT2D eigenvalue weighted by atomic mass is 9.59. The molecule has 0 saturated heterocycles. The summed E-state index contributed by atoms with van der Waals surface area (Å²) in [6.07, 6.45) is 3.40. The van der Waals surface area contributed by atoms with E-state index in [9.17, 15) is 0 Å². The Hall–Kier alpha value is -1.54. The van der Waals surface area contributed by atoms with Gasteiger partial charge in [0.1, 0.15) is 11.9 Å². The number of hydrogen-bond donors (Lipinski definition) is 1. The average molecular weight is 269 g/mol. The summed E-state index contributed by atoms with van der Waals surface area (Å²) in [4.78, 5) is 0. The Morgan fingerprint density at radius 2 is 1.80 bits per heavy atom. The highest BCUT2D eigenvalue weighted by atomic mass is 16.5. The standard InChI is InChI=1S/C18H23NO/c1-3-18(4-2)16(19)12-17(18)20-15-10-9-13-7-5-6-8-14(13)11-15/h5-11,16-17H,3-4,12,19H2,1-2H3. The van der Waals surface area contributed by atoms with Gasteiger partial charge in [-0.05, 0) is 35.7 Å². The summed E-state index contributed by atoms with van der Waals surface area (Å²) in [6.45, 7) is 4.44. The molecule has 2 aromatic carbocycles. The lowest BCUT2D eigenvalue weighted by Crippen LogP contribution is -2.62. The summed E-state index contributed by atoms with van der Waals surface area (Å²) >= 11 is 0. The van der Waals surface area contributed by atoms with Crippen LogP contribution >= 0.6 is 0 Å². The lowest BCUT2D eigenvalue weighted by Gasteiger charge is -2.53. The number of hydrogen-bond acceptors (Lipinski definition) is 2. The smallest absolute Gasteiger partial charge is 0.120 e. The molecule has 1 aliphatic rings. The molecule has 20 heavy (non-hydrogen) atoms. The molecule has 2 unspecified atom stereocenters. The van der Waals surface area contributed by atoms with E-state index in [1.165, 1.54) is 10.8 Å². The summed E-state index contributed by atoms with van der Waals surface area (Å²) in [5, 5.41) is 2.48. The van der Waals surface area contributed by atoms with Gasteiger partial charge in [-0.25, -0.2) is 0 Å². The highest BCUT2D eigenvalue weighted by molar-refractivity contribution is 5.83. The third-order valence-electron chi connectivity index (χ3n) is 5.16. The Labute approximate surface area is 120 Å². The van der Waals surface area contributed by atoms with Gasteiger partial charge < -0.3 is 10.5 Å². The maximum atomic E-state index is 6.25. The van der Waals surface area contributed by atoms with Gasteiger partial charge in [0.25, 0.3) is 0 Å². The second-order valence-corrected chi connectivity index (χ2v) is 5.90. The van der Waals surface area contributed by atoms with Gasteiger partial charge in [0, 0.05) is 17.9 Å². The zero-order valence-electron chi connectivity index (χ0n) is 12.3. The van der Waals surface area contributed by atoms with Crippen molar-refractivity contribution >= 4 is 10.8 Å². The summed E-state index contributed by atoms with van der Waals surface area (Å²) in [5.41, 5.74) is 6.39. The molecule has 3 rings (SSSR count). The normalized spacial score (nSPS) is 24.4. The van der Waals surface area contributed by atoms with Crippen molar-refractivity contribution in [2.24, 2.45) is 11.1 Å². The van der Waals surface area contributed by atoms with Crippen LogP contribution < -0.4 is 10.5 Å². The molecule has 2 nitrogen and oxygen atoms in total. The van der Waals surface area contributed by atoms with E-state index in [-0.39, 0.29) is 17.6 Å². The fraction of sp³-hybridized carbons (Fsp3) is 0.444. The van der Waals surface area contributed by atoms with Crippen molar-refractivity contribution < 1.29 is 4.74 Å². The van der Waals surface area contributed by atoms with Crippen molar-refractivity contribution in [1.82, 2.24) is 0 Å². The van der Waals surface area contributed by atoms with E-state index < -0.39 is 0 Å². The minimum absolute atomic E-state index is 0.158. The molecular weight excluding hydrogens is 246 g/mol. The molecule has 106 valence electrons. The van der Waals surface area contributed by atoms with Gasteiger partial charge in [-0.15, -0.1) is 0 Å². The van der Waals surface area contributed by atoms with Crippen LogP contribution in [0.25, 0.3) is 10.8 Å². The molecule has 0 spiro atoms. The number of nitrogens with two attached hydrogens (primary N) is 1. The first-order valence-electron chi connectivity index (χ1n) is 7.60. The molecular formula is C18H23NO. The van der Waals surface area contributed by atoms with Gasteiger partial charge in [-0.3, -0.25) is 0 Å². The van der Waals surface area contributed by atoms with Crippen molar-refractivity contribution in [2.45, 2.75) is 45.3 Å². The largest absolute Gasteiger partial charge is 0.490 e. The number of benzene rings is 2. The van der Waals surface area contributed by atoms with Gasteiger partial charge in [-0.2, -0.15) is 0 Å². The van der Waals surface area contributed by atoms with E-state index in [1.807, 2.05) is 0 Å². The van der Waals surface area contributed by atoms with Crippen LogP contribution in [-0.2, 0) is 0 Å². The molecule has 0 bridgehead atoms. The molecule has 1 aliphatic carbocycles. The van der Waals surface area contributed by atoms with Crippen LogP contribution in [0.1, 0.15) is 33.1 Å². The highest BCUT2D eigenvalue weighted by Crippen LogP contribution is 2.47. The second kappa shape index (κ2) is 5.10. The van der Waals surface area contributed by atoms with Crippen molar-refractivity contribution in [2.75, 3.05) is 0 Å². The average Bonchev–Trinajstić information content (AvgIpc) is 2.48. The molecule has 0 heterocycles. The van der Waals surface area contributed by atoms with Crippen LogP contribution in [0.5, 0.6) is 5.75 Å². The number of fused-ring (bicyclic) bond motifs is 1. The van der Waals surface area contributed by atoms with Gasteiger partial charge in [0.15, 0.2) is 0 Å². The number of rotatable bonds is 4. The summed E-state index contributed by atoms with van der Waals surface area (Å²) in [5.74, 6) is 0.965. The molecule has 0 aliphatic heterocycles. The number of ether oxygens (including phenoxy) is 1. The Morgan fingerprint density at radius 1 is 1.10 bits per heavy atom. The zero-order valence-corrected chi connectivity index (χ0v) is 12.3. The maximum absolute atomic E-state index is 6.25. The van der Waals surface area contributed by atoms with Crippen molar-refractivity contribution in [3.05, 3.63) is 42.5 Å². The van der Waals surface area contributed by atoms with Gasteiger partial charge in [-0.1, -0.05) is 44.2 Å². The predicted molar refractivity (Wildman–Crippen MR) is 84.0 cm³/mol. The molecule has 2 aromatic rings. The molecule has 1 fully saturated rings. The molecule has 0 radical (unpaired) electrons. The first-order valence-corrected chi connectivity index (χ1v) is 7.60. The van der Waals surface area contributed by atoms with Crippen LogP contribution in [0.4, 0.5) is 0 Å². The predicted octanol–water partition coefficient (Wildman–Crippen LogP) is 4.12. The van der Waals surface area contributed by atoms with E-state index in [1.54, 1.807) is 0 Å². The Balaban J connectivity index is 1.83. The Morgan fingerprint density at radius 3 is 2.45 bits per heavy atom. The summed E-state index contributed by atoms with van der Waals surface area (Å²) in [6, 6.07) is 15.0. The molecule has 2 N–H and O–H groups in total. The third-order valence-corrected chi connectivity index (χ3v) is 5.16. The Kier molecular flexibility index (Phi) is 3.43. The fourth-order valence-corrected chi connectivity index (χ4v) is 3.58. The van der Waals surface area contributed by atoms with Gasteiger partial charge >= 0.3 is 0 Å². The van der Waals surface area contributed by atoms with Crippen molar-refractivity contribution in [3.8, 4) is 5.75 Å².